The molecule has 1 amide bonds. The van der Waals surface area contributed by atoms with Gasteiger partial charge in [0.05, 0.1) is 18.0 Å². The molecule has 0 aliphatic heterocycles. The van der Waals surface area contributed by atoms with E-state index in [1.54, 1.807) is 30.9 Å². The highest BCUT2D eigenvalue weighted by molar-refractivity contribution is 6.00. The molecule has 0 bridgehead atoms. The van der Waals surface area contributed by atoms with Gasteiger partial charge in [0.15, 0.2) is 0 Å². The lowest BCUT2D eigenvalue weighted by molar-refractivity contribution is 0.101. The zero-order valence-electron chi connectivity index (χ0n) is 8.69. The third-order valence-corrected chi connectivity index (χ3v) is 2.33. The van der Waals surface area contributed by atoms with Gasteiger partial charge in [0.25, 0.3) is 5.91 Å². The Morgan fingerprint density at radius 3 is 2.88 bits per heavy atom. The Labute approximate surface area is 95.7 Å². The van der Waals surface area contributed by atoms with Gasteiger partial charge >= 0.3 is 0 Å². The summed E-state index contributed by atoms with van der Waals surface area (Å²) in [6.45, 7) is 0. The lowest BCUT2D eigenvalue weighted by Gasteiger charge is -2.04. The van der Waals surface area contributed by atoms with E-state index in [0.29, 0.717) is 5.56 Å². The van der Waals surface area contributed by atoms with Gasteiger partial charge in [-0.2, -0.15) is 0 Å². The summed E-state index contributed by atoms with van der Waals surface area (Å²) in [5.41, 5.74) is 4.03. The summed E-state index contributed by atoms with van der Waals surface area (Å²) in [5.74, 6) is -0.228. The number of fused-ring (bicyclic) bond motifs is 1. The van der Waals surface area contributed by atoms with Crippen molar-refractivity contribution >= 4 is 11.4 Å². The van der Waals surface area contributed by atoms with E-state index >= 15 is 0 Å². The number of nitrogens with one attached hydrogen (secondary N) is 1. The number of rotatable bonds is 2. The van der Waals surface area contributed by atoms with Gasteiger partial charge in [0.2, 0.25) is 0 Å². The minimum atomic E-state index is -0.228. The molecule has 0 saturated heterocycles. The topological polar surface area (TPSA) is 77.1 Å². The van der Waals surface area contributed by atoms with Crippen LogP contribution >= 0.6 is 0 Å². The first-order valence-electron chi connectivity index (χ1n) is 4.90. The van der Waals surface area contributed by atoms with Crippen LogP contribution < -0.4 is 5.43 Å². The number of aromatic nitrogens is 5. The van der Waals surface area contributed by atoms with Crippen molar-refractivity contribution in [3.05, 3.63) is 49.1 Å². The first kappa shape index (κ1) is 9.52. The first-order chi connectivity index (χ1) is 8.33. The van der Waals surface area contributed by atoms with Crippen molar-refractivity contribution in [1.29, 1.82) is 0 Å². The van der Waals surface area contributed by atoms with Crippen molar-refractivity contribution in [2.24, 2.45) is 0 Å². The minimum absolute atomic E-state index is 0.228. The van der Waals surface area contributed by atoms with E-state index < -0.39 is 0 Å². The molecule has 3 rings (SSSR count). The van der Waals surface area contributed by atoms with Gasteiger partial charge in [-0.05, 0) is 12.1 Å². The largest absolute Gasteiger partial charge is 0.306 e. The second kappa shape index (κ2) is 3.71. The minimum Gasteiger partial charge on any atom is -0.306 e. The molecule has 1 N–H and O–H groups in total. The van der Waals surface area contributed by atoms with Crippen molar-refractivity contribution in [2.75, 3.05) is 5.43 Å². The van der Waals surface area contributed by atoms with Crippen LogP contribution in [-0.4, -0.2) is 30.2 Å². The molecule has 0 aliphatic carbocycles. The van der Waals surface area contributed by atoms with E-state index in [0.717, 1.165) is 5.52 Å². The summed E-state index contributed by atoms with van der Waals surface area (Å²) in [6.07, 6.45) is 7.97. The molecular weight excluding hydrogens is 220 g/mol. The van der Waals surface area contributed by atoms with Crippen LogP contribution in [0.5, 0.6) is 0 Å². The van der Waals surface area contributed by atoms with Gasteiger partial charge in [-0.15, -0.1) is 10.2 Å². The Kier molecular flexibility index (Phi) is 2.08. The normalized spacial score (nSPS) is 10.6. The highest BCUT2D eigenvalue weighted by Gasteiger charge is 2.06. The number of nitrogens with zero attached hydrogens (tertiary/aromatic N) is 5. The second-order valence-electron chi connectivity index (χ2n) is 3.45. The Balaban J connectivity index is 1.90. The van der Waals surface area contributed by atoms with E-state index in [2.05, 4.69) is 20.6 Å². The van der Waals surface area contributed by atoms with E-state index in [9.17, 15) is 4.79 Å². The Morgan fingerprint density at radius 1 is 1.24 bits per heavy atom. The van der Waals surface area contributed by atoms with E-state index in [1.165, 1.54) is 17.3 Å². The number of pyridine rings is 1. The van der Waals surface area contributed by atoms with Crippen molar-refractivity contribution in [3.63, 3.8) is 0 Å². The standard InChI is InChI=1S/C10H8N6O/c17-10(14-16-6-12-13-7-16)8-1-2-15-5-11-4-9(15)3-8/h1-7H,(H,14,17). The quantitative estimate of drug-likeness (QED) is 0.684. The van der Waals surface area contributed by atoms with Crippen LogP contribution in [0.25, 0.3) is 5.52 Å². The molecule has 0 radical (unpaired) electrons. The van der Waals surface area contributed by atoms with Crippen molar-refractivity contribution in [3.8, 4) is 0 Å². The molecule has 0 unspecified atom stereocenters. The first-order valence-corrected chi connectivity index (χ1v) is 4.90. The van der Waals surface area contributed by atoms with Gasteiger partial charge in [0, 0.05) is 11.8 Å². The summed E-state index contributed by atoms with van der Waals surface area (Å²) < 4.78 is 3.22. The molecule has 0 aromatic carbocycles. The highest BCUT2D eigenvalue weighted by Crippen LogP contribution is 2.06. The molecule has 0 spiro atoms. The molecule has 17 heavy (non-hydrogen) atoms. The molecule has 0 atom stereocenters. The predicted octanol–water partition coefficient (Wildman–Crippen LogP) is 0.310. The van der Waals surface area contributed by atoms with Gasteiger partial charge in [0.1, 0.15) is 12.7 Å². The molecular formula is C10H8N6O. The zero-order valence-corrected chi connectivity index (χ0v) is 8.69. The summed E-state index contributed by atoms with van der Waals surface area (Å²) >= 11 is 0. The van der Waals surface area contributed by atoms with Gasteiger partial charge in [-0.1, -0.05) is 0 Å². The average molecular weight is 228 g/mol. The summed E-state index contributed by atoms with van der Waals surface area (Å²) in [7, 11) is 0. The zero-order chi connectivity index (χ0) is 11.7. The van der Waals surface area contributed by atoms with Crippen molar-refractivity contribution in [1.82, 2.24) is 24.3 Å². The highest BCUT2D eigenvalue weighted by atomic mass is 16.2. The molecule has 0 aliphatic rings. The lowest BCUT2D eigenvalue weighted by atomic mass is 10.2. The van der Waals surface area contributed by atoms with Gasteiger partial charge in [-0.25, -0.2) is 9.66 Å². The molecule has 3 aromatic heterocycles. The molecule has 7 nitrogen and oxygen atoms in total. The van der Waals surface area contributed by atoms with Crippen LogP contribution in [0.3, 0.4) is 0 Å². The predicted molar refractivity (Wildman–Crippen MR) is 58.9 cm³/mol. The maximum Gasteiger partial charge on any atom is 0.270 e. The number of amides is 1. The molecule has 3 aromatic rings. The molecule has 7 heteroatoms. The molecule has 3 heterocycles. The van der Waals surface area contributed by atoms with E-state index in [4.69, 9.17) is 0 Å². The molecule has 0 saturated carbocycles. The Bertz CT molecular complexity index is 656. The smallest absolute Gasteiger partial charge is 0.270 e. The number of carbonyl (C=O) groups is 1. The van der Waals surface area contributed by atoms with Gasteiger partial charge < -0.3 is 4.40 Å². The molecule has 84 valence electrons. The third kappa shape index (κ3) is 1.73. The van der Waals surface area contributed by atoms with Crippen molar-refractivity contribution in [2.45, 2.75) is 0 Å². The van der Waals surface area contributed by atoms with Crippen LogP contribution in [0, 0.1) is 0 Å². The fourth-order valence-corrected chi connectivity index (χ4v) is 1.50. The van der Waals surface area contributed by atoms with E-state index in [1.807, 2.05) is 4.40 Å². The summed E-state index contributed by atoms with van der Waals surface area (Å²) in [6, 6.07) is 3.47. The van der Waals surface area contributed by atoms with Crippen LogP contribution in [0.4, 0.5) is 0 Å². The fraction of sp³-hybridized carbons (Fsp3) is 0. The average Bonchev–Trinajstić information content (AvgIpc) is 2.97. The number of hydrogen-bond donors (Lipinski definition) is 1. The summed E-state index contributed by atoms with van der Waals surface area (Å²) in [4.78, 5) is 15.8. The van der Waals surface area contributed by atoms with Crippen LogP contribution in [0.2, 0.25) is 0 Å². The lowest BCUT2D eigenvalue weighted by Crippen LogP contribution is -2.21. The van der Waals surface area contributed by atoms with Crippen molar-refractivity contribution < 1.29 is 4.79 Å². The Morgan fingerprint density at radius 2 is 2.06 bits per heavy atom. The second-order valence-corrected chi connectivity index (χ2v) is 3.45. The number of imidazole rings is 1. The number of hydrogen-bond acceptors (Lipinski definition) is 4. The van der Waals surface area contributed by atoms with Crippen LogP contribution in [-0.2, 0) is 0 Å². The summed E-state index contributed by atoms with van der Waals surface area (Å²) in [5, 5.41) is 7.19. The fourth-order valence-electron chi connectivity index (χ4n) is 1.50. The Hall–Kier alpha value is -2.70. The maximum absolute atomic E-state index is 11.9. The SMILES string of the molecule is O=C(Nn1cnnc1)c1ccn2cncc2c1. The maximum atomic E-state index is 11.9. The number of carbonyl (C=O) groups excluding carboxylic acids is 1. The third-order valence-electron chi connectivity index (χ3n) is 2.33. The van der Waals surface area contributed by atoms with E-state index in [-0.39, 0.29) is 5.91 Å². The van der Waals surface area contributed by atoms with Crippen LogP contribution in [0.1, 0.15) is 10.4 Å². The molecule has 0 fully saturated rings. The van der Waals surface area contributed by atoms with Gasteiger partial charge in [-0.3, -0.25) is 10.2 Å². The van der Waals surface area contributed by atoms with Crippen LogP contribution in [0.15, 0.2) is 43.5 Å². The monoisotopic (exact) mass is 228 g/mol.